The van der Waals surface area contributed by atoms with Crippen LogP contribution >= 0.6 is 11.3 Å². The molecular weight excluding hydrogens is 236 g/mol. The maximum atomic E-state index is 5.48. The van der Waals surface area contributed by atoms with E-state index in [0.717, 1.165) is 10.2 Å². The second-order valence-electron chi connectivity index (χ2n) is 3.59. The van der Waals surface area contributed by atoms with Crippen molar-refractivity contribution in [3.05, 3.63) is 29.3 Å². The molecule has 0 saturated heterocycles. The zero-order chi connectivity index (χ0) is 11.8. The minimum atomic E-state index is 0.539. The summed E-state index contributed by atoms with van der Waals surface area (Å²) in [6.45, 7) is 2.03. The van der Waals surface area contributed by atoms with Crippen LogP contribution in [0.1, 0.15) is 4.88 Å². The molecule has 17 heavy (non-hydrogen) atoms. The highest BCUT2D eigenvalue weighted by molar-refractivity contribution is 7.18. The summed E-state index contributed by atoms with van der Waals surface area (Å²) in [7, 11) is 0. The average Bonchev–Trinajstić information content (AvgIpc) is 2.94. The lowest BCUT2D eigenvalue weighted by Crippen LogP contribution is -2.09. The smallest absolute Gasteiger partial charge is 0.199 e. The van der Waals surface area contributed by atoms with E-state index in [2.05, 4.69) is 15.4 Å². The molecule has 0 aliphatic rings. The number of hydrogen-bond acceptors (Lipinski definition) is 6. The number of aromatic nitrogens is 2. The van der Waals surface area contributed by atoms with E-state index in [1.165, 1.54) is 4.88 Å². The van der Waals surface area contributed by atoms with Crippen LogP contribution in [0.15, 0.2) is 28.9 Å². The fraction of sp³-hybridized carbons (Fsp3) is 0.0909. The zero-order valence-electron chi connectivity index (χ0n) is 9.10. The number of thiophene rings is 1. The number of fused-ring (bicyclic) bond motifs is 1. The topological polar surface area (TPSA) is 77.0 Å². The third-order valence-corrected chi connectivity index (χ3v) is 3.34. The molecule has 0 aromatic carbocycles. The number of hydrogen-bond donors (Lipinski definition) is 2. The summed E-state index contributed by atoms with van der Waals surface area (Å²) in [5, 5.41) is 0.935. The van der Waals surface area contributed by atoms with Crippen LogP contribution in [-0.4, -0.2) is 9.97 Å². The van der Waals surface area contributed by atoms with Crippen LogP contribution in [0.5, 0.6) is 0 Å². The standard InChI is InChI=1S/C11H10N4OS/c1-6-5-7-9(15-12)13-10(14-11(7)17-6)8-3-2-4-16-8/h2-5H,12H2,1H3,(H,13,14,15). The van der Waals surface area contributed by atoms with Gasteiger partial charge in [0.1, 0.15) is 4.83 Å². The van der Waals surface area contributed by atoms with Crippen LogP contribution in [-0.2, 0) is 0 Å². The van der Waals surface area contributed by atoms with Crippen molar-refractivity contribution < 1.29 is 4.42 Å². The SMILES string of the molecule is Cc1cc2c(NN)nc(-c3ccco3)nc2s1. The lowest BCUT2D eigenvalue weighted by Gasteiger charge is -2.02. The Morgan fingerprint density at radius 2 is 2.29 bits per heavy atom. The maximum absolute atomic E-state index is 5.48. The first-order valence-electron chi connectivity index (χ1n) is 5.06. The monoisotopic (exact) mass is 246 g/mol. The summed E-state index contributed by atoms with van der Waals surface area (Å²) in [5.74, 6) is 7.27. The second kappa shape index (κ2) is 3.83. The number of anilines is 1. The average molecular weight is 246 g/mol. The Hall–Kier alpha value is -1.92. The minimum Gasteiger partial charge on any atom is -0.461 e. The summed E-state index contributed by atoms with van der Waals surface area (Å²) < 4.78 is 5.29. The number of hydrazine groups is 1. The van der Waals surface area contributed by atoms with Crippen molar-refractivity contribution in [2.45, 2.75) is 6.92 Å². The molecule has 5 nitrogen and oxygen atoms in total. The minimum absolute atomic E-state index is 0.539. The Labute approximate surface area is 101 Å². The van der Waals surface area contributed by atoms with Crippen molar-refractivity contribution in [3.8, 4) is 11.6 Å². The van der Waals surface area contributed by atoms with E-state index in [0.29, 0.717) is 17.4 Å². The molecule has 6 heteroatoms. The molecule has 0 spiro atoms. The Morgan fingerprint density at radius 1 is 1.41 bits per heavy atom. The fourth-order valence-electron chi connectivity index (χ4n) is 1.67. The van der Waals surface area contributed by atoms with Crippen LogP contribution in [0.25, 0.3) is 21.8 Å². The van der Waals surface area contributed by atoms with Gasteiger partial charge in [-0.25, -0.2) is 15.8 Å². The molecule has 3 heterocycles. The summed E-state index contributed by atoms with van der Waals surface area (Å²) in [6, 6.07) is 5.64. The van der Waals surface area contributed by atoms with E-state index in [4.69, 9.17) is 10.3 Å². The van der Waals surface area contributed by atoms with Crippen molar-refractivity contribution in [2.75, 3.05) is 5.43 Å². The lowest BCUT2D eigenvalue weighted by molar-refractivity contribution is 0.578. The van der Waals surface area contributed by atoms with Crippen LogP contribution < -0.4 is 11.3 Å². The number of nitrogen functional groups attached to an aromatic ring is 1. The number of furan rings is 1. The van der Waals surface area contributed by atoms with Gasteiger partial charge in [0.15, 0.2) is 17.4 Å². The van der Waals surface area contributed by atoms with E-state index < -0.39 is 0 Å². The first kappa shape index (κ1) is 10.2. The Morgan fingerprint density at radius 3 is 3.00 bits per heavy atom. The number of rotatable bonds is 2. The molecule has 3 N–H and O–H groups in total. The lowest BCUT2D eigenvalue weighted by atomic mass is 10.3. The van der Waals surface area contributed by atoms with Gasteiger partial charge in [-0.15, -0.1) is 11.3 Å². The van der Waals surface area contributed by atoms with Gasteiger partial charge < -0.3 is 9.84 Å². The molecule has 0 amide bonds. The van der Waals surface area contributed by atoms with Gasteiger partial charge in [0.25, 0.3) is 0 Å². The Balaban J connectivity index is 2.28. The van der Waals surface area contributed by atoms with Crippen LogP contribution in [0.3, 0.4) is 0 Å². The molecule has 0 aliphatic heterocycles. The highest BCUT2D eigenvalue weighted by Gasteiger charge is 2.12. The van der Waals surface area contributed by atoms with Gasteiger partial charge in [-0.3, -0.25) is 0 Å². The number of nitrogens with zero attached hydrogens (tertiary/aromatic N) is 2. The molecule has 3 aromatic rings. The van der Waals surface area contributed by atoms with Gasteiger partial charge in [-0.05, 0) is 25.1 Å². The summed E-state index contributed by atoms with van der Waals surface area (Å²) in [4.78, 5) is 10.9. The summed E-state index contributed by atoms with van der Waals surface area (Å²) in [6.07, 6.45) is 1.60. The van der Waals surface area contributed by atoms with Crippen molar-refractivity contribution in [3.63, 3.8) is 0 Å². The largest absolute Gasteiger partial charge is 0.461 e. The molecular formula is C11H10N4OS. The third kappa shape index (κ3) is 1.67. The van der Waals surface area contributed by atoms with E-state index in [9.17, 15) is 0 Å². The van der Waals surface area contributed by atoms with Gasteiger partial charge in [0, 0.05) is 4.88 Å². The molecule has 0 bridgehead atoms. The number of aryl methyl sites for hydroxylation is 1. The molecule has 0 unspecified atom stereocenters. The quantitative estimate of drug-likeness (QED) is 0.536. The Bertz CT molecular complexity index is 659. The Kier molecular flexibility index (Phi) is 2.31. The maximum Gasteiger partial charge on any atom is 0.199 e. The van der Waals surface area contributed by atoms with Gasteiger partial charge >= 0.3 is 0 Å². The van der Waals surface area contributed by atoms with Gasteiger partial charge in [-0.1, -0.05) is 0 Å². The molecule has 0 atom stereocenters. The van der Waals surface area contributed by atoms with Gasteiger partial charge in [0.05, 0.1) is 11.6 Å². The molecule has 0 fully saturated rings. The second-order valence-corrected chi connectivity index (χ2v) is 4.83. The highest BCUT2D eigenvalue weighted by atomic mass is 32.1. The van der Waals surface area contributed by atoms with Gasteiger partial charge in [0.2, 0.25) is 0 Å². The van der Waals surface area contributed by atoms with Crippen LogP contribution in [0.4, 0.5) is 5.82 Å². The van der Waals surface area contributed by atoms with E-state index >= 15 is 0 Å². The van der Waals surface area contributed by atoms with Crippen molar-refractivity contribution in [2.24, 2.45) is 5.84 Å². The third-order valence-electron chi connectivity index (χ3n) is 2.39. The molecule has 86 valence electrons. The predicted molar refractivity (Wildman–Crippen MR) is 67.7 cm³/mol. The van der Waals surface area contributed by atoms with E-state index in [-0.39, 0.29) is 0 Å². The van der Waals surface area contributed by atoms with Gasteiger partial charge in [-0.2, -0.15) is 0 Å². The molecule has 0 saturated carbocycles. The van der Waals surface area contributed by atoms with Crippen molar-refractivity contribution >= 4 is 27.4 Å². The normalized spacial score (nSPS) is 10.9. The number of nitrogens with two attached hydrogens (primary N) is 1. The van der Waals surface area contributed by atoms with Crippen LogP contribution in [0, 0.1) is 6.92 Å². The molecule has 0 radical (unpaired) electrons. The fourth-order valence-corrected chi connectivity index (χ4v) is 2.55. The molecule has 0 aliphatic carbocycles. The highest BCUT2D eigenvalue weighted by Crippen LogP contribution is 2.30. The molecule has 3 rings (SSSR count). The van der Waals surface area contributed by atoms with Crippen molar-refractivity contribution in [1.29, 1.82) is 0 Å². The predicted octanol–water partition coefficient (Wildman–Crippen LogP) is 2.55. The van der Waals surface area contributed by atoms with Crippen molar-refractivity contribution in [1.82, 2.24) is 9.97 Å². The summed E-state index contributed by atoms with van der Waals surface area (Å²) in [5.41, 5.74) is 2.60. The zero-order valence-corrected chi connectivity index (χ0v) is 9.91. The first-order valence-corrected chi connectivity index (χ1v) is 5.88. The van der Waals surface area contributed by atoms with E-state index in [1.54, 1.807) is 23.7 Å². The molecule has 3 aromatic heterocycles. The summed E-state index contributed by atoms with van der Waals surface area (Å²) >= 11 is 1.60. The van der Waals surface area contributed by atoms with Crippen LogP contribution in [0.2, 0.25) is 0 Å². The van der Waals surface area contributed by atoms with E-state index in [1.807, 2.05) is 19.1 Å². The number of nitrogens with one attached hydrogen (secondary N) is 1. The first-order chi connectivity index (χ1) is 8.28.